The van der Waals surface area contributed by atoms with Crippen LogP contribution in [0.15, 0.2) is 0 Å². The van der Waals surface area contributed by atoms with Crippen LogP contribution in [-0.2, 0) is 4.74 Å². The van der Waals surface area contributed by atoms with Crippen LogP contribution >= 0.6 is 0 Å². The molecule has 1 heterocycles. The van der Waals surface area contributed by atoms with Gasteiger partial charge in [-0.1, -0.05) is 20.8 Å². The Balaban J connectivity index is 0.000000360. The molecule has 0 spiro atoms. The van der Waals surface area contributed by atoms with Gasteiger partial charge in [0.05, 0.1) is 6.10 Å². The van der Waals surface area contributed by atoms with Crippen molar-refractivity contribution in [1.82, 2.24) is 4.90 Å². The van der Waals surface area contributed by atoms with Crippen molar-refractivity contribution >= 4 is 0 Å². The SMILES string of the molecule is CCN(CC)CC.C[C@@H]1OC(O)[C@@H](O)[C@H](O)[C@@H]1O. The molecule has 0 amide bonds. The van der Waals surface area contributed by atoms with E-state index < -0.39 is 30.7 Å². The summed E-state index contributed by atoms with van der Waals surface area (Å²) in [4.78, 5) is 2.38. The van der Waals surface area contributed by atoms with E-state index in [2.05, 4.69) is 30.4 Å². The average molecular weight is 265 g/mol. The second-order valence-electron chi connectivity index (χ2n) is 4.32. The fourth-order valence-electron chi connectivity index (χ4n) is 1.70. The van der Waals surface area contributed by atoms with Crippen LogP contribution in [0, 0.1) is 0 Å². The predicted molar refractivity (Wildman–Crippen MR) is 68.0 cm³/mol. The number of hydrogen-bond donors (Lipinski definition) is 4. The first kappa shape index (κ1) is 17.8. The monoisotopic (exact) mass is 265 g/mol. The fourth-order valence-corrected chi connectivity index (χ4v) is 1.70. The lowest BCUT2D eigenvalue weighted by Crippen LogP contribution is -2.56. The van der Waals surface area contributed by atoms with Gasteiger partial charge in [0.1, 0.15) is 18.3 Å². The second kappa shape index (κ2) is 8.79. The van der Waals surface area contributed by atoms with Crippen LogP contribution in [0.25, 0.3) is 0 Å². The fraction of sp³-hybridized carbons (Fsp3) is 1.00. The Labute approximate surface area is 109 Å². The molecule has 1 saturated heterocycles. The third kappa shape index (κ3) is 5.17. The summed E-state index contributed by atoms with van der Waals surface area (Å²) in [7, 11) is 0. The average Bonchev–Trinajstić information content (AvgIpc) is 2.37. The third-order valence-corrected chi connectivity index (χ3v) is 3.17. The summed E-state index contributed by atoms with van der Waals surface area (Å²) in [5, 5.41) is 36.0. The van der Waals surface area contributed by atoms with E-state index in [0.717, 1.165) is 0 Å². The van der Waals surface area contributed by atoms with E-state index in [0.29, 0.717) is 0 Å². The van der Waals surface area contributed by atoms with Gasteiger partial charge in [-0.25, -0.2) is 0 Å². The molecule has 0 radical (unpaired) electrons. The van der Waals surface area contributed by atoms with Gasteiger partial charge in [0, 0.05) is 0 Å². The highest BCUT2D eigenvalue weighted by atomic mass is 16.6. The summed E-state index contributed by atoms with van der Waals surface area (Å²) in [5.74, 6) is 0. The maximum absolute atomic E-state index is 9.09. The molecular formula is C12H27NO5. The zero-order chi connectivity index (χ0) is 14.3. The van der Waals surface area contributed by atoms with E-state index in [1.54, 1.807) is 0 Å². The van der Waals surface area contributed by atoms with Crippen LogP contribution in [0.3, 0.4) is 0 Å². The summed E-state index contributed by atoms with van der Waals surface area (Å²) in [5.41, 5.74) is 0. The molecule has 0 bridgehead atoms. The topological polar surface area (TPSA) is 93.4 Å². The van der Waals surface area contributed by atoms with Gasteiger partial charge >= 0.3 is 0 Å². The van der Waals surface area contributed by atoms with Crippen molar-refractivity contribution in [2.24, 2.45) is 0 Å². The van der Waals surface area contributed by atoms with Crippen LogP contribution in [0.1, 0.15) is 27.7 Å². The Morgan fingerprint density at radius 2 is 1.28 bits per heavy atom. The molecule has 1 rings (SSSR count). The van der Waals surface area contributed by atoms with Gasteiger partial charge in [-0.15, -0.1) is 0 Å². The van der Waals surface area contributed by atoms with Crippen LogP contribution in [0.2, 0.25) is 0 Å². The minimum Gasteiger partial charge on any atom is -0.388 e. The van der Waals surface area contributed by atoms with Gasteiger partial charge in [0.15, 0.2) is 6.29 Å². The zero-order valence-electron chi connectivity index (χ0n) is 11.7. The summed E-state index contributed by atoms with van der Waals surface area (Å²) in [6, 6.07) is 0. The van der Waals surface area contributed by atoms with Crippen molar-refractivity contribution in [3.63, 3.8) is 0 Å². The van der Waals surface area contributed by atoms with E-state index >= 15 is 0 Å². The lowest BCUT2D eigenvalue weighted by atomic mass is 10.0. The third-order valence-electron chi connectivity index (χ3n) is 3.17. The minimum absolute atomic E-state index is 0.664. The second-order valence-corrected chi connectivity index (χ2v) is 4.32. The van der Waals surface area contributed by atoms with Crippen molar-refractivity contribution in [1.29, 1.82) is 0 Å². The molecule has 6 heteroatoms. The van der Waals surface area contributed by atoms with Crippen molar-refractivity contribution < 1.29 is 25.2 Å². The van der Waals surface area contributed by atoms with Gasteiger partial charge in [-0.3, -0.25) is 0 Å². The molecule has 0 aromatic carbocycles. The summed E-state index contributed by atoms with van der Waals surface area (Å²) < 4.78 is 4.68. The van der Waals surface area contributed by atoms with Gasteiger partial charge < -0.3 is 30.1 Å². The van der Waals surface area contributed by atoms with Crippen LogP contribution < -0.4 is 0 Å². The Kier molecular flexibility index (Phi) is 8.67. The summed E-state index contributed by atoms with van der Waals surface area (Å²) >= 11 is 0. The van der Waals surface area contributed by atoms with Crippen LogP contribution in [0.4, 0.5) is 0 Å². The lowest BCUT2D eigenvalue weighted by Gasteiger charge is -2.36. The highest BCUT2D eigenvalue weighted by molar-refractivity contribution is 4.86. The molecule has 4 N–H and O–H groups in total. The standard InChI is InChI=1S/C6H15N.C6H12O5/c1-4-7(5-2)6-3;1-2-3(7)4(8)5(9)6(10)11-2/h4-6H2,1-3H3;2-10H,1H3/t;2-,3+,4+,5-,6?/m.0/s1. The zero-order valence-corrected chi connectivity index (χ0v) is 11.7. The van der Waals surface area contributed by atoms with Gasteiger partial charge in [0.25, 0.3) is 0 Å². The molecule has 0 aliphatic carbocycles. The molecular weight excluding hydrogens is 238 g/mol. The first-order valence-electron chi connectivity index (χ1n) is 6.48. The van der Waals surface area contributed by atoms with Gasteiger partial charge in [-0.2, -0.15) is 0 Å². The van der Waals surface area contributed by atoms with Crippen molar-refractivity contribution in [3.8, 4) is 0 Å². The molecule has 0 aromatic rings. The Morgan fingerprint density at radius 3 is 1.61 bits per heavy atom. The van der Waals surface area contributed by atoms with E-state index in [9.17, 15) is 0 Å². The Hall–Kier alpha value is -0.240. The van der Waals surface area contributed by atoms with E-state index in [1.165, 1.54) is 26.6 Å². The minimum atomic E-state index is -1.43. The molecule has 1 unspecified atom stereocenters. The van der Waals surface area contributed by atoms with E-state index in [1.807, 2.05) is 0 Å². The number of ether oxygens (including phenoxy) is 1. The van der Waals surface area contributed by atoms with Gasteiger partial charge in [-0.05, 0) is 26.6 Å². The number of aliphatic hydroxyl groups is 4. The summed E-state index contributed by atoms with van der Waals surface area (Å²) in [6.45, 7) is 11.6. The van der Waals surface area contributed by atoms with Crippen LogP contribution in [-0.4, -0.2) is 75.7 Å². The number of hydrogen-bond acceptors (Lipinski definition) is 6. The van der Waals surface area contributed by atoms with Gasteiger partial charge in [0.2, 0.25) is 0 Å². The lowest BCUT2D eigenvalue weighted by molar-refractivity contribution is -0.277. The van der Waals surface area contributed by atoms with Crippen molar-refractivity contribution in [3.05, 3.63) is 0 Å². The molecule has 18 heavy (non-hydrogen) atoms. The quantitative estimate of drug-likeness (QED) is 0.531. The largest absolute Gasteiger partial charge is 0.388 e. The maximum Gasteiger partial charge on any atom is 0.183 e. The first-order chi connectivity index (χ1) is 8.38. The van der Waals surface area contributed by atoms with E-state index in [4.69, 9.17) is 20.4 Å². The Bertz CT molecular complexity index is 193. The van der Waals surface area contributed by atoms with Crippen molar-refractivity contribution in [2.45, 2.75) is 58.4 Å². The number of rotatable bonds is 3. The molecule has 1 fully saturated rings. The first-order valence-corrected chi connectivity index (χ1v) is 6.48. The number of nitrogens with zero attached hydrogens (tertiary/aromatic N) is 1. The molecule has 1 aliphatic rings. The maximum atomic E-state index is 9.09. The highest BCUT2D eigenvalue weighted by Crippen LogP contribution is 2.18. The molecule has 1 aliphatic heterocycles. The van der Waals surface area contributed by atoms with Crippen molar-refractivity contribution in [2.75, 3.05) is 19.6 Å². The normalized spacial score (nSPS) is 36.2. The molecule has 0 aromatic heterocycles. The Morgan fingerprint density at radius 1 is 0.833 bits per heavy atom. The highest BCUT2D eigenvalue weighted by Gasteiger charge is 2.40. The molecule has 110 valence electrons. The smallest absolute Gasteiger partial charge is 0.183 e. The molecule has 5 atom stereocenters. The van der Waals surface area contributed by atoms with Crippen LogP contribution in [0.5, 0.6) is 0 Å². The number of aliphatic hydroxyl groups excluding tert-OH is 4. The molecule has 0 saturated carbocycles. The summed E-state index contributed by atoms with van der Waals surface area (Å²) in [6.07, 6.45) is -5.99. The molecule has 6 nitrogen and oxygen atoms in total. The van der Waals surface area contributed by atoms with E-state index in [-0.39, 0.29) is 0 Å². The predicted octanol–water partition coefficient (Wildman–Crippen LogP) is -0.846.